The summed E-state index contributed by atoms with van der Waals surface area (Å²) in [6.07, 6.45) is 3.32. The molecular weight excluding hydrogens is 241 g/mol. The summed E-state index contributed by atoms with van der Waals surface area (Å²) < 4.78 is 18.3. The largest absolute Gasteiger partial charge is 0.494 e. The molecule has 1 N–H and O–H groups in total. The highest BCUT2D eigenvalue weighted by Crippen LogP contribution is 2.20. The van der Waals surface area contributed by atoms with Crippen molar-refractivity contribution in [3.8, 4) is 5.75 Å². The minimum atomic E-state index is -0.270. The highest BCUT2D eigenvalue weighted by atomic mass is 19.1. The summed E-state index contributed by atoms with van der Waals surface area (Å²) in [5.41, 5.74) is 1.03. The van der Waals surface area contributed by atoms with Crippen LogP contribution in [0.25, 0.3) is 0 Å². The smallest absolute Gasteiger partial charge is 0.165 e. The van der Waals surface area contributed by atoms with Crippen LogP contribution in [-0.4, -0.2) is 19.7 Å². The summed E-state index contributed by atoms with van der Waals surface area (Å²) in [5, 5.41) is 3.40. The Morgan fingerprint density at radius 2 is 1.95 bits per heavy atom. The van der Waals surface area contributed by atoms with Gasteiger partial charge in [-0.1, -0.05) is 33.8 Å². The van der Waals surface area contributed by atoms with Crippen LogP contribution in [0, 0.1) is 5.82 Å². The van der Waals surface area contributed by atoms with Gasteiger partial charge in [-0.15, -0.1) is 0 Å². The Morgan fingerprint density at radius 1 is 1.26 bits per heavy atom. The number of rotatable bonds is 3. The fourth-order valence-corrected chi connectivity index (χ4v) is 2.05. The number of benzene rings is 1. The van der Waals surface area contributed by atoms with Gasteiger partial charge in [-0.25, -0.2) is 4.39 Å². The fourth-order valence-electron chi connectivity index (χ4n) is 2.05. The normalized spacial score (nSPS) is 16.8. The van der Waals surface area contributed by atoms with Crippen LogP contribution in [0.1, 0.15) is 46.1 Å². The molecule has 19 heavy (non-hydrogen) atoms. The first-order valence-corrected chi connectivity index (χ1v) is 7.35. The maximum atomic E-state index is 13.4. The van der Waals surface area contributed by atoms with Crippen LogP contribution in [-0.2, 0) is 6.42 Å². The molecule has 1 saturated heterocycles. The summed E-state index contributed by atoms with van der Waals surface area (Å²) >= 11 is 0. The molecule has 0 spiro atoms. The third-order valence-electron chi connectivity index (χ3n) is 2.86. The quantitative estimate of drug-likeness (QED) is 0.888. The van der Waals surface area contributed by atoms with Crippen molar-refractivity contribution in [3.05, 3.63) is 29.6 Å². The molecule has 0 aromatic heterocycles. The van der Waals surface area contributed by atoms with Crippen LogP contribution in [0.15, 0.2) is 18.2 Å². The van der Waals surface area contributed by atoms with E-state index in [2.05, 4.69) is 5.32 Å². The Labute approximate surface area is 117 Å². The van der Waals surface area contributed by atoms with Crippen molar-refractivity contribution in [2.45, 2.75) is 53.0 Å². The van der Waals surface area contributed by atoms with Gasteiger partial charge in [0, 0.05) is 6.04 Å². The number of nitrogens with one attached hydrogen (secondary N) is 1. The second-order valence-electron chi connectivity index (χ2n) is 3.97. The third-order valence-corrected chi connectivity index (χ3v) is 2.86. The van der Waals surface area contributed by atoms with Gasteiger partial charge in [0.25, 0.3) is 0 Å². The monoisotopic (exact) mass is 269 g/mol. The number of hydrogen-bond donors (Lipinski definition) is 1. The van der Waals surface area contributed by atoms with Crippen LogP contribution < -0.4 is 10.1 Å². The van der Waals surface area contributed by atoms with Gasteiger partial charge in [0.1, 0.15) is 0 Å². The van der Waals surface area contributed by atoms with Gasteiger partial charge in [0.2, 0.25) is 0 Å². The van der Waals surface area contributed by atoms with Crippen LogP contribution >= 0.6 is 0 Å². The van der Waals surface area contributed by atoms with Crippen molar-refractivity contribution in [2.75, 3.05) is 13.7 Å². The molecule has 1 aliphatic heterocycles. The number of hydrogen-bond acceptors (Lipinski definition) is 2. The van der Waals surface area contributed by atoms with E-state index in [-0.39, 0.29) is 5.82 Å². The van der Waals surface area contributed by atoms with Gasteiger partial charge in [-0.05, 0) is 43.5 Å². The molecule has 1 heterocycles. The molecule has 1 fully saturated rings. The van der Waals surface area contributed by atoms with E-state index in [1.54, 1.807) is 12.1 Å². The molecule has 0 bridgehead atoms. The Hall–Kier alpha value is -1.09. The second kappa shape index (κ2) is 10.8. The summed E-state index contributed by atoms with van der Waals surface area (Å²) in [6, 6.07) is 5.71. The molecule has 0 radical (unpaired) electrons. The van der Waals surface area contributed by atoms with Gasteiger partial charge < -0.3 is 10.1 Å². The van der Waals surface area contributed by atoms with Gasteiger partial charge in [-0.3, -0.25) is 0 Å². The molecule has 1 aromatic carbocycles. The van der Waals surface area contributed by atoms with Crippen LogP contribution in [0.3, 0.4) is 0 Å². The van der Waals surface area contributed by atoms with E-state index in [9.17, 15) is 4.39 Å². The first-order chi connectivity index (χ1) is 9.29. The standard InChI is InChI=1S/C12H16FNO.2C2H6/c1-15-12-5-4-9(8-11(12)13)7-10-3-2-6-14-10;2*1-2/h4-5,8,10,14H,2-3,6-7H2,1H3;2*1-2H3. The van der Waals surface area contributed by atoms with Crippen molar-refractivity contribution in [1.82, 2.24) is 5.32 Å². The molecule has 1 aromatic rings. The lowest BCUT2D eigenvalue weighted by Gasteiger charge is -2.10. The van der Waals surface area contributed by atoms with E-state index >= 15 is 0 Å². The van der Waals surface area contributed by atoms with E-state index < -0.39 is 0 Å². The van der Waals surface area contributed by atoms with Crippen LogP contribution in [0.4, 0.5) is 4.39 Å². The van der Waals surface area contributed by atoms with Gasteiger partial charge in [0.05, 0.1) is 7.11 Å². The third kappa shape index (κ3) is 6.06. The van der Waals surface area contributed by atoms with Gasteiger partial charge in [-0.2, -0.15) is 0 Å². The first-order valence-electron chi connectivity index (χ1n) is 7.35. The molecule has 1 unspecified atom stereocenters. The molecule has 1 aliphatic rings. The van der Waals surface area contributed by atoms with Crippen molar-refractivity contribution in [3.63, 3.8) is 0 Å². The van der Waals surface area contributed by atoms with E-state index in [1.165, 1.54) is 20.0 Å². The SMILES string of the molecule is CC.CC.COc1ccc(CC2CCCN2)cc1F. The van der Waals surface area contributed by atoms with Crippen molar-refractivity contribution < 1.29 is 9.13 Å². The number of halogens is 1. The summed E-state index contributed by atoms with van der Waals surface area (Å²) in [4.78, 5) is 0. The number of ether oxygens (including phenoxy) is 1. The second-order valence-corrected chi connectivity index (χ2v) is 3.97. The summed E-state index contributed by atoms with van der Waals surface area (Å²) in [6.45, 7) is 9.09. The molecule has 1 atom stereocenters. The molecular formula is C16H28FNO. The molecule has 3 heteroatoms. The highest BCUT2D eigenvalue weighted by Gasteiger charge is 2.15. The minimum Gasteiger partial charge on any atom is -0.494 e. The lowest BCUT2D eigenvalue weighted by Crippen LogP contribution is -2.23. The average Bonchev–Trinajstić information content (AvgIpc) is 2.96. The molecule has 0 aliphatic carbocycles. The van der Waals surface area contributed by atoms with Crippen molar-refractivity contribution in [2.24, 2.45) is 0 Å². The predicted molar refractivity (Wildman–Crippen MR) is 80.4 cm³/mol. The van der Waals surface area contributed by atoms with E-state index in [0.717, 1.165) is 18.5 Å². The summed E-state index contributed by atoms with van der Waals surface area (Å²) in [7, 11) is 1.48. The van der Waals surface area contributed by atoms with Gasteiger partial charge >= 0.3 is 0 Å². The molecule has 2 nitrogen and oxygen atoms in total. The topological polar surface area (TPSA) is 21.3 Å². The van der Waals surface area contributed by atoms with E-state index in [1.807, 2.05) is 33.8 Å². The Morgan fingerprint density at radius 3 is 2.42 bits per heavy atom. The van der Waals surface area contributed by atoms with E-state index in [4.69, 9.17) is 4.74 Å². The summed E-state index contributed by atoms with van der Waals surface area (Å²) in [5.74, 6) is 0.0473. The molecule has 0 amide bonds. The zero-order chi connectivity index (χ0) is 14.7. The van der Waals surface area contributed by atoms with Gasteiger partial charge in [0.15, 0.2) is 11.6 Å². The Kier molecular flexibility index (Phi) is 10.2. The average molecular weight is 269 g/mol. The minimum absolute atomic E-state index is 0.270. The fraction of sp³-hybridized carbons (Fsp3) is 0.625. The Balaban J connectivity index is 0.000000741. The zero-order valence-corrected chi connectivity index (χ0v) is 12.9. The lowest BCUT2D eigenvalue weighted by atomic mass is 10.0. The predicted octanol–water partition coefficient (Wildman–Crippen LogP) is 4.18. The maximum absolute atomic E-state index is 13.4. The molecule has 0 saturated carbocycles. The van der Waals surface area contributed by atoms with Crippen LogP contribution in [0.2, 0.25) is 0 Å². The van der Waals surface area contributed by atoms with E-state index in [0.29, 0.717) is 11.8 Å². The highest BCUT2D eigenvalue weighted by molar-refractivity contribution is 5.29. The van der Waals surface area contributed by atoms with Crippen molar-refractivity contribution in [1.29, 1.82) is 0 Å². The first kappa shape index (κ1) is 17.9. The number of methoxy groups -OCH3 is 1. The molecule has 2 rings (SSSR count). The molecule has 110 valence electrons. The van der Waals surface area contributed by atoms with Crippen LogP contribution in [0.5, 0.6) is 5.75 Å². The van der Waals surface area contributed by atoms with Crippen molar-refractivity contribution >= 4 is 0 Å². The maximum Gasteiger partial charge on any atom is 0.165 e. The zero-order valence-electron chi connectivity index (χ0n) is 12.9. The lowest BCUT2D eigenvalue weighted by molar-refractivity contribution is 0.386. The Bertz CT molecular complexity index is 336.